The number of isocyanates is 1. The van der Waals surface area contributed by atoms with Crippen LogP contribution in [0.4, 0.5) is 16.2 Å². The van der Waals surface area contributed by atoms with E-state index in [0.29, 0.717) is 16.9 Å². The molecule has 8 N–H and O–H groups in total. The maximum absolute atomic E-state index is 15.2. The number of esters is 4. The highest BCUT2D eigenvalue weighted by molar-refractivity contribution is 5.97. The number of anilines is 1. The SMILES string of the molecule is C.CC(=O)O[C@@]12CO[C@@H]1C[C@H](O)[C@@]1(C)C(=O)[C@H](O)C3=C(C)[C@@H](O)C[C@@](O)([C@@H](OC(=O)c4ccccc4)C12)C3(C)C.CC(=O)O[C@@]12CO[C@@H]1C[C@H](O)[C@@]1(C)C(=O)[C@H](OC(=O)Nc3ccccc3)C3=C(C)[C@@H](O)C[C@@](O)([C@@H](OC(=O)c4ccccc4)C12)C3(C)C.O=C=Nc1ccccc1. The van der Waals surface area contributed by atoms with Gasteiger partial charge in [0, 0.05) is 56.0 Å². The average molecular weight is 1340 g/mol. The number of fused-ring (bicyclic) bond motifs is 10. The van der Waals surface area contributed by atoms with E-state index in [0.717, 1.165) is 0 Å². The molecule has 24 nitrogen and oxygen atoms in total. The van der Waals surface area contributed by atoms with Crippen molar-refractivity contribution in [2.24, 2.45) is 38.5 Å². The minimum absolute atomic E-state index is 0. The molecular formula is C73H86N2O22. The predicted molar refractivity (Wildman–Crippen MR) is 346 cm³/mol. The number of hydrogen-bond acceptors (Lipinski definition) is 23. The lowest BCUT2D eigenvalue weighted by Crippen LogP contribution is -2.81. The summed E-state index contributed by atoms with van der Waals surface area (Å²) in [5, 5.41) is 85.8. The van der Waals surface area contributed by atoms with Gasteiger partial charge in [0.1, 0.15) is 41.7 Å². The van der Waals surface area contributed by atoms with Crippen molar-refractivity contribution >= 4 is 59.0 Å². The van der Waals surface area contributed by atoms with Crippen LogP contribution in [0.1, 0.15) is 123 Å². The van der Waals surface area contributed by atoms with Crippen molar-refractivity contribution in [2.75, 3.05) is 18.5 Å². The Balaban J connectivity index is 0.000000202. The zero-order valence-electron chi connectivity index (χ0n) is 54.9. The van der Waals surface area contributed by atoms with Crippen LogP contribution in [0.3, 0.4) is 0 Å². The van der Waals surface area contributed by atoms with Crippen LogP contribution in [-0.4, -0.2) is 180 Å². The number of nitrogens with one attached hydrogen (secondary N) is 1. The van der Waals surface area contributed by atoms with E-state index in [4.69, 9.17) is 33.2 Å². The number of carbonyl (C=O) groups is 7. The van der Waals surface area contributed by atoms with Crippen LogP contribution in [0.15, 0.2) is 149 Å². The first-order chi connectivity index (χ1) is 45.1. The number of rotatable bonds is 9. The molecule has 4 aromatic carbocycles. The molecule has 24 heteroatoms. The monoisotopic (exact) mass is 1340 g/mol. The van der Waals surface area contributed by atoms with Gasteiger partial charge in [-0.2, -0.15) is 4.99 Å². The highest BCUT2D eigenvalue weighted by Crippen LogP contribution is 2.66. The van der Waals surface area contributed by atoms with Crippen LogP contribution in [0.2, 0.25) is 0 Å². The van der Waals surface area contributed by atoms with Crippen molar-refractivity contribution in [3.8, 4) is 0 Å². The molecule has 1 amide bonds. The van der Waals surface area contributed by atoms with Gasteiger partial charge in [0.25, 0.3) is 0 Å². The lowest BCUT2D eigenvalue weighted by atomic mass is 9.44. The molecule has 0 spiro atoms. The summed E-state index contributed by atoms with van der Waals surface area (Å²) >= 11 is 0. The molecule has 12 rings (SSSR count). The Morgan fingerprint density at radius 3 is 1.33 bits per heavy atom. The van der Waals surface area contributed by atoms with E-state index in [1.165, 1.54) is 58.0 Å². The van der Waals surface area contributed by atoms with Crippen LogP contribution >= 0.6 is 0 Å². The molecule has 0 radical (unpaired) electrons. The zero-order chi connectivity index (χ0) is 70.0. The van der Waals surface area contributed by atoms with E-state index < -0.39 is 158 Å². The van der Waals surface area contributed by atoms with Crippen LogP contribution in [-0.2, 0) is 57.1 Å². The molecule has 0 aromatic heterocycles. The van der Waals surface area contributed by atoms with Crippen molar-refractivity contribution in [1.29, 1.82) is 0 Å². The second kappa shape index (κ2) is 26.9. The fraction of sp³-hybridized carbons (Fsp3) is 0.507. The fourth-order valence-electron chi connectivity index (χ4n) is 16.7. The third kappa shape index (κ3) is 11.9. The summed E-state index contributed by atoms with van der Waals surface area (Å²) in [6.07, 6.45) is -14.4. The van der Waals surface area contributed by atoms with Gasteiger partial charge in [-0.05, 0) is 98.5 Å². The van der Waals surface area contributed by atoms with E-state index in [9.17, 15) is 69.3 Å². The number of carbonyl (C=O) groups excluding carboxylic acids is 8. The van der Waals surface area contributed by atoms with Gasteiger partial charge in [0.05, 0.1) is 77.1 Å². The maximum Gasteiger partial charge on any atom is 0.412 e. The Labute approximate surface area is 561 Å². The molecule has 97 heavy (non-hydrogen) atoms. The molecule has 6 fully saturated rings. The number of ether oxygens (including phenoxy) is 7. The summed E-state index contributed by atoms with van der Waals surface area (Å²) in [4.78, 5) is 109. The van der Waals surface area contributed by atoms with Gasteiger partial charge in [-0.25, -0.2) is 19.2 Å². The summed E-state index contributed by atoms with van der Waals surface area (Å²) in [6, 6.07) is 33.5. The number of aliphatic imine (C=N–C) groups is 1. The first kappa shape index (κ1) is 73.1. The molecule has 2 saturated heterocycles. The van der Waals surface area contributed by atoms with E-state index >= 15 is 4.79 Å². The highest BCUT2D eigenvalue weighted by Gasteiger charge is 2.80. The molecule has 6 aliphatic carbocycles. The van der Waals surface area contributed by atoms with Crippen molar-refractivity contribution in [3.63, 3.8) is 0 Å². The van der Waals surface area contributed by atoms with Crippen LogP contribution in [0.5, 0.6) is 0 Å². The number of benzene rings is 4. The number of para-hydroxylation sites is 2. The number of hydrogen-bond donors (Lipinski definition) is 8. The number of nitrogens with zero attached hydrogens (tertiary/aromatic N) is 1. The van der Waals surface area contributed by atoms with Crippen LogP contribution < -0.4 is 5.32 Å². The summed E-state index contributed by atoms with van der Waals surface area (Å²) in [5.74, 6) is -7.36. The molecule has 2 unspecified atom stereocenters. The normalized spacial score (nSPS) is 36.1. The zero-order valence-corrected chi connectivity index (χ0v) is 54.9. The molecule has 4 aromatic rings. The molecule has 8 aliphatic rings. The number of ketones is 2. The lowest BCUT2D eigenvalue weighted by Gasteiger charge is -2.67. The molecule has 2 aliphatic heterocycles. The minimum Gasteiger partial charge on any atom is -0.455 e. The van der Waals surface area contributed by atoms with Crippen molar-refractivity contribution in [3.05, 3.63) is 155 Å². The van der Waals surface area contributed by atoms with Crippen LogP contribution in [0.25, 0.3) is 0 Å². The van der Waals surface area contributed by atoms with Gasteiger partial charge in [0.15, 0.2) is 28.9 Å². The third-order valence-electron chi connectivity index (χ3n) is 22.0. The topological polar surface area (TPSA) is 367 Å². The maximum atomic E-state index is 15.2. The Hall–Kier alpha value is -8.13. The van der Waals surface area contributed by atoms with Crippen molar-refractivity contribution < 1.29 is 107 Å². The predicted octanol–water partition coefficient (Wildman–Crippen LogP) is 6.71. The molecule has 4 bridgehead atoms. The molecule has 18 atom stereocenters. The highest BCUT2D eigenvalue weighted by atomic mass is 16.6. The van der Waals surface area contributed by atoms with E-state index in [-0.39, 0.29) is 74.2 Å². The number of aliphatic hydroxyl groups is 7. The number of aliphatic hydroxyl groups excluding tert-OH is 5. The van der Waals surface area contributed by atoms with Gasteiger partial charge in [0.2, 0.25) is 6.08 Å². The van der Waals surface area contributed by atoms with Crippen molar-refractivity contribution in [2.45, 2.75) is 186 Å². The summed E-state index contributed by atoms with van der Waals surface area (Å²) in [7, 11) is 0. The smallest absolute Gasteiger partial charge is 0.412 e. The molecule has 4 saturated carbocycles. The quantitative estimate of drug-likeness (QED) is 0.0284. The van der Waals surface area contributed by atoms with Gasteiger partial charge in [-0.15, -0.1) is 0 Å². The summed E-state index contributed by atoms with van der Waals surface area (Å²) < 4.78 is 41.7. The summed E-state index contributed by atoms with van der Waals surface area (Å²) in [5.41, 5.74) is -11.9. The number of amides is 1. The minimum atomic E-state index is -2.17. The third-order valence-corrected chi connectivity index (χ3v) is 22.0. The van der Waals surface area contributed by atoms with E-state index in [1.54, 1.807) is 120 Å². The Kier molecular flexibility index (Phi) is 20.3. The Morgan fingerprint density at radius 2 is 0.938 bits per heavy atom. The first-order valence-electron chi connectivity index (χ1n) is 31.8. The first-order valence-corrected chi connectivity index (χ1v) is 31.8. The Bertz CT molecular complexity index is 3800. The van der Waals surface area contributed by atoms with Gasteiger partial charge in [-0.1, -0.05) is 108 Å². The molecule has 2 heterocycles. The number of Topliss-reactive ketones (excluding diaryl/α,β-unsaturated/α-hetero) is 2. The Morgan fingerprint density at radius 1 is 0.557 bits per heavy atom. The second-order valence-corrected chi connectivity index (χ2v) is 27.8. The van der Waals surface area contributed by atoms with Crippen LogP contribution in [0, 0.1) is 33.5 Å². The second-order valence-electron chi connectivity index (χ2n) is 27.8. The largest absolute Gasteiger partial charge is 0.455 e. The average Bonchev–Trinajstić information content (AvgIpc) is 0.677. The summed E-state index contributed by atoms with van der Waals surface area (Å²) in [6.45, 7) is 14.5. The molecule has 520 valence electrons. The van der Waals surface area contributed by atoms with Crippen molar-refractivity contribution in [1.82, 2.24) is 0 Å². The lowest BCUT2D eigenvalue weighted by molar-refractivity contribution is -0.345. The van der Waals surface area contributed by atoms with Gasteiger partial charge >= 0.3 is 30.0 Å². The van der Waals surface area contributed by atoms with Gasteiger partial charge in [-0.3, -0.25) is 24.5 Å². The molecular weight excluding hydrogens is 1260 g/mol. The standard InChI is InChI=1S/C36H41NO11.C29H36O10.C7H5NO.CH4/c1-19-23(39)17-36(44)30(47-31(42)21-12-8-6-9-13-21)28-34(5,24(40)16-25-35(28,18-45-25)48-20(2)38)29(41)27(26(19)33(36,3)4)46-32(43)37-22-14-10-7-11-15-22;1-14-17(31)12-29(36)24(38-25(35)16-9-7-6-8-10-16)22-27(5,23(34)21(33)20(14)26(29,3)4)18(32)11-19-28(22,13-37-19)39-15(2)30;9-6-8-7-4-2-1-3-5-7;/h6-15,23-25,27-28,30,39-40,44H,16-18H2,1-5H3,(H,37,43);6-10,17-19,21-22,24,31-33,36H,11-13H2,1-5H3;1-5H;1H4/t23-,24-,25+,27+,28?,30-,34+,35-,36+;17-,18-,19+,21+,22?,24-,27+,28-,29+;;/m00../s1. The van der Waals surface area contributed by atoms with E-state index in [1.807, 2.05) is 18.2 Å². The van der Waals surface area contributed by atoms with E-state index in [2.05, 4.69) is 10.3 Å². The van der Waals surface area contributed by atoms with Gasteiger partial charge < -0.3 is 68.9 Å². The fourth-order valence-corrected chi connectivity index (χ4v) is 16.7.